The van der Waals surface area contributed by atoms with Crippen LogP contribution < -0.4 is 0 Å². The first-order chi connectivity index (χ1) is 13.3. The minimum absolute atomic E-state index is 0.254. The van der Waals surface area contributed by atoms with Crippen molar-refractivity contribution in [3.63, 3.8) is 0 Å². The molecule has 0 bridgehead atoms. The molecule has 8 heteroatoms. The van der Waals surface area contributed by atoms with Gasteiger partial charge in [0.15, 0.2) is 6.10 Å². The lowest BCUT2D eigenvalue weighted by Crippen LogP contribution is -2.55. The summed E-state index contributed by atoms with van der Waals surface area (Å²) in [7, 11) is 0. The van der Waals surface area contributed by atoms with Crippen molar-refractivity contribution in [3.05, 3.63) is 59.9 Å². The third kappa shape index (κ3) is 3.67. The van der Waals surface area contributed by atoms with Gasteiger partial charge in [0, 0.05) is 11.1 Å². The van der Waals surface area contributed by atoms with Gasteiger partial charge in [0.25, 0.3) is 0 Å². The highest BCUT2D eigenvalue weighted by Crippen LogP contribution is 2.42. The lowest BCUT2D eigenvalue weighted by Gasteiger charge is -2.44. The number of carbonyl (C=O) groups is 2. The fourth-order valence-electron chi connectivity index (χ4n) is 3.20. The number of rotatable bonds is 5. The largest absolute Gasteiger partial charge is 0.481 e. The molecule has 2 aromatic carbocycles. The first kappa shape index (κ1) is 20.4. The smallest absolute Gasteiger partial charge is 0.333 e. The van der Waals surface area contributed by atoms with Gasteiger partial charge in [-0.3, -0.25) is 4.79 Å². The molecule has 0 saturated carbocycles. The van der Waals surface area contributed by atoms with Crippen LogP contribution in [0.3, 0.4) is 0 Å². The van der Waals surface area contributed by atoms with Gasteiger partial charge in [-0.25, -0.2) is 9.18 Å². The van der Waals surface area contributed by atoms with Gasteiger partial charge in [-0.15, -0.1) is 0 Å². The molecule has 0 spiro atoms. The number of hydrogen-bond acceptors (Lipinski definition) is 4. The molecule has 4 atom stereocenters. The van der Waals surface area contributed by atoms with Crippen molar-refractivity contribution < 1.29 is 33.7 Å². The molecule has 2 unspecified atom stereocenters. The number of carboxylic acid groups (broad SMARTS) is 2. The number of ether oxygens (including phenoxy) is 2. The molecule has 1 fully saturated rings. The van der Waals surface area contributed by atoms with Gasteiger partial charge in [0.2, 0.25) is 5.79 Å². The van der Waals surface area contributed by atoms with Crippen LogP contribution in [-0.4, -0.2) is 39.7 Å². The Morgan fingerprint density at radius 3 is 2.39 bits per heavy atom. The molecule has 148 valence electrons. The lowest BCUT2D eigenvalue weighted by atomic mass is 9.94. The molecule has 1 aliphatic rings. The van der Waals surface area contributed by atoms with E-state index in [-0.39, 0.29) is 12.2 Å². The third-order valence-corrected chi connectivity index (χ3v) is 5.29. The zero-order valence-electron chi connectivity index (χ0n) is 14.8. The van der Waals surface area contributed by atoms with Crippen LogP contribution in [0.2, 0.25) is 0 Å². The molecule has 6 nitrogen and oxygen atoms in total. The van der Waals surface area contributed by atoms with Crippen LogP contribution in [0.5, 0.6) is 0 Å². The van der Waals surface area contributed by atoms with E-state index in [0.29, 0.717) is 11.1 Å². The van der Waals surface area contributed by atoms with Gasteiger partial charge in [-0.2, -0.15) is 0 Å². The van der Waals surface area contributed by atoms with Gasteiger partial charge < -0.3 is 19.7 Å². The molecule has 0 amide bonds. The van der Waals surface area contributed by atoms with E-state index in [0.717, 1.165) is 0 Å². The van der Waals surface area contributed by atoms with Crippen molar-refractivity contribution in [3.8, 4) is 11.1 Å². The van der Waals surface area contributed by atoms with Gasteiger partial charge >= 0.3 is 11.9 Å². The second kappa shape index (κ2) is 7.98. The minimum Gasteiger partial charge on any atom is -0.481 e. The van der Waals surface area contributed by atoms with Crippen molar-refractivity contribution >= 4 is 27.9 Å². The van der Waals surface area contributed by atoms with Crippen molar-refractivity contribution in [2.75, 3.05) is 6.61 Å². The number of alkyl halides is 1. The highest BCUT2D eigenvalue weighted by atomic mass is 79.9. The summed E-state index contributed by atoms with van der Waals surface area (Å²) in [6.07, 6.45) is -1.64. The summed E-state index contributed by atoms with van der Waals surface area (Å²) >= 11 is 3.34. The summed E-state index contributed by atoms with van der Waals surface area (Å²) in [5.74, 6) is -6.31. The topological polar surface area (TPSA) is 93.1 Å². The number of carboxylic acids is 2. The van der Waals surface area contributed by atoms with E-state index in [9.17, 15) is 24.2 Å². The fraction of sp³-hybridized carbons (Fsp3) is 0.300. The highest BCUT2D eigenvalue weighted by molar-refractivity contribution is 9.09. The maximum Gasteiger partial charge on any atom is 0.333 e. The van der Waals surface area contributed by atoms with E-state index in [1.54, 1.807) is 43.3 Å². The van der Waals surface area contributed by atoms with Crippen LogP contribution in [0, 0.1) is 11.7 Å². The number of hydrogen-bond donors (Lipinski definition) is 2. The fourth-order valence-corrected chi connectivity index (χ4v) is 3.71. The SMILES string of the molecule is CC(Br)C1(c2ccc(-c3ccccc3)c(F)c2)OC[C@@H](C(=O)O)[C@H](C(=O)O)O1. The van der Waals surface area contributed by atoms with E-state index >= 15 is 0 Å². The molecule has 2 N–H and O–H groups in total. The van der Waals surface area contributed by atoms with Crippen LogP contribution in [0.15, 0.2) is 48.5 Å². The van der Waals surface area contributed by atoms with E-state index in [2.05, 4.69) is 15.9 Å². The maximum absolute atomic E-state index is 14.8. The van der Waals surface area contributed by atoms with E-state index < -0.39 is 40.4 Å². The Morgan fingerprint density at radius 2 is 1.86 bits per heavy atom. The standard InChI is InChI=1S/C20H18BrFO6/c1-11(21)20(27-10-15(18(23)24)17(28-20)19(25)26)13-7-8-14(16(22)9-13)12-5-3-2-4-6-12/h2-9,11,15,17H,10H2,1H3,(H,23,24)(H,25,26)/t11?,15-,17-,20?/m1/s1. The zero-order valence-corrected chi connectivity index (χ0v) is 16.4. The van der Waals surface area contributed by atoms with Crippen LogP contribution in [-0.2, 0) is 24.8 Å². The Balaban J connectivity index is 2.02. The summed E-state index contributed by atoms with van der Waals surface area (Å²) in [6, 6.07) is 13.3. The Bertz CT molecular complexity index is 888. The molecule has 0 aromatic heterocycles. The van der Waals surface area contributed by atoms with Crippen LogP contribution in [0.25, 0.3) is 11.1 Å². The van der Waals surface area contributed by atoms with Gasteiger partial charge in [-0.1, -0.05) is 58.4 Å². The van der Waals surface area contributed by atoms with E-state index in [4.69, 9.17) is 9.47 Å². The molecule has 1 aliphatic heterocycles. The Morgan fingerprint density at radius 1 is 1.18 bits per heavy atom. The summed E-state index contributed by atoms with van der Waals surface area (Å²) in [5, 5.41) is 18.7. The van der Waals surface area contributed by atoms with E-state index in [1.807, 2.05) is 6.07 Å². The first-order valence-electron chi connectivity index (χ1n) is 8.53. The monoisotopic (exact) mass is 452 g/mol. The van der Waals surface area contributed by atoms with E-state index in [1.165, 1.54) is 6.07 Å². The molecule has 0 aliphatic carbocycles. The Kier molecular flexibility index (Phi) is 5.83. The van der Waals surface area contributed by atoms with Crippen LogP contribution in [0.1, 0.15) is 12.5 Å². The second-order valence-electron chi connectivity index (χ2n) is 6.48. The average Bonchev–Trinajstić information content (AvgIpc) is 2.67. The van der Waals surface area contributed by atoms with Crippen LogP contribution in [0.4, 0.5) is 4.39 Å². The molecular weight excluding hydrogens is 435 g/mol. The van der Waals surface area contributed by atoms with Gasteiger partial charge in [0.05, 0.1) is 11.4 Å². The molecule has 2 aromatic rings. The zero-order chi connectivity index (χ0) is 20.5. The summed E-state index contributed by atoms with van der Waals surface area (Å²) in [4.78, 5) is 22.3. The van der Waals surface area contributed by atoms with Crippen molar-refractivity contribution in [2.24, 2.45) is 5.92 Å². The third-order valence-electron chi connectivity index (χ3n) is 4.69. The molecule has 1 saturated heterocycles. The Hall–Kier alpha value is -2.29. The summed E-state index contributed by atoms with van der Waals surface area (Å²) in [6.45, 7) is 1.27. The average molecular weight is 453 g/mol. The van der Waals surface area contributed by atoms with Gasteiger partial charge in [-0.05, 0) is 18.6 Å². The normalized spacial score (nSPS) is 25.8. The van der Waals surface area contributed by atoms with Crippen molar-refractivity contribution in [1.29, 1.82) is 0 Å². The molecule has 1 heterocycles. The highest BCUT2D eigenvalue weighted by Gasteiger charge is 2.52. The number of halogens is 2. The molecular formula is C20H18BrFO6. The first-order valence-corrected chi connectivity index (χ1v) is 9.44. The molecule has 0 radical (unpaired) electrons. The maximum atomic E-state index is 14.8. The van der Waals surface area contributed by atoms with Crippen molar-refractivity contribution in [1.82, 2.24) is 0 Å². The molecule has 3 rings (SSSR count). The summed E-state index contributed by atoms with van der Waals surface area (Å²) < 4.78 is 26.2. The number of benzene rings is 2. The number of aliphatic carboxylic acids is 2. The van der Waals surface area contributed by atoms with Crippen molar-refractivity contribution in [2.45, 2.75) is 23.6 Å². The predicted octanol–water partition coefficient (Wildman–Crippen LogP) is 3.63. The molecule has 28 heavy (non-hydrogen) atoms. The van der Waals surface area contributed by atoms with Crippen LogP contribution >= 0.6 is 15.9 Å². The quantitative estimate of drug-likeness (QED) is 0.672. The minimum atomic E-state index is -1.65. The Labute approximate surface area is 169 Å². The lowest BCUT2D eigenvalue weighted by molar-refractivity contribution is -0.312. The predicted molar refractivity (Wildman–Crippen MR) is 101 cm³/mol. The summed E-state index contributed by atoms with van der Waals surface area (Å²) in [5.41, 5.74) is 1.31. The van der Waals surface area contributed by atoms with Gasteiger partial charge in [0.1, 0.15) is 11.7 Å². The second-order valence-corrected chi connectivity index (χ2v) is 7.85.